The topological polar surface area (TPSA) is 55.1 Å². The first-order valence-corrected chi connectivity index (χ1v) is 6.85. The molecule has 0 aliphatic rings. The fraction of sp³-hybridized carbons (Fsp3) is 0.0714. The third-order valence-electron chi connectivity index (χ3n) is 2.32. The molecular weight excluding hydrogens is 299 g/mol. The van der Waals surface area contributed by atoms with Crippen molar-refractivity contribution in [1.29, 1.82) is 0 Å². The SMILES string of the molecule is NCC#Cc1ccc(C(=O)Nc2ccc(F)cc2Cl)s1. The first-order chi connectivity index (χ1) is 9.60. The van der Waals surface area contributed by atoms with Crippen LogP contribution in [0.1, 0.15) is 14.5 Å². The van der Waals surface area contributed by atoms with Crippen molar-refractivity contribution in [2.75, 3.05) is 11.9 Å². The Morgan fingerprint density at radius 2 is 2.20 bits per heavy atom. The minimum Gasteiger partial charge on any atom is -0.320 e. The molecule has 0 radical (unpaired) electrons. The molecule has 0 fully saturated rings. The minimum atomic E-state index is -0.455. The van der Waals surface area contributed by atoms with E-state index in [9.17, 15) is 9.18 Å². The van der Waals surface area contributed by atoms with E-state index < -0.39 is 5.82 Å². The Morgan fingerprint density at radius 3 is 2.90 bits per heavy atom. The van der Waals surface area contributed by atoms with Crippen molar-refractivity contribution in [1.82, 2.24) is 0 Å². The summed E-state index contributed by atoms with van der Waals surface area (Å²) in [5, 5.41) is 2.77. The maximum Gasteiger partial charge on any atom is 0.265 e. The van der Waals surface area contributed by atoms with Crippen molar-refractivity contribution in [3.05, 3.63) is 50.9 Å². The highest BCUT2D eigenvalue weighted by Crippen LogP contribution is 2.24. The predicted molar refractivity (Wildman–Crippen MR) is 79.6 cm³/mol. The summed E-state index contributed by atoms with van der Waals surface area (Å²) in [5.74, 6) is 4.80. The number of carbonyl (C=O) groups excluding carboxylic acids is 1. The highest BCUT2D eigenvalue weighted by atomic mass is 35.5. The number of anilines is 1. The number of nitrogens with two attached hydrogens (primary N) is 1. The Labute approximate surface area is 124 Å². The highest BCUT2D eigenvalue weighted by Gasteiger charge is 2.11. The maximum atomic E-state index is 12.9. The van der Waals surface area contributed by atoms with Gasteiger partial charge in [-0.3, -0.25) is 4.79 Å². The van der Waals surface area contributed by atoms with Crippen molar-refractivity contribution < 1.29 is 9.18 Å². The number of thiophene rings is 1. The number of benzene rings is 1. The van der Waals surface area contributed by atoms with E-state index in [1.54, 1.807) is 12.1 Å². The summed E-state index contributed by atoms with van der Waals surface area (Å²) >= 11 is 7.10. The van der Waals surface area contributed by atoms with Gasteiger partial charge in [-0.15, -0.1) is 11.3 Å². The summed E-state index contributed by atoms with van der Waals surface area (Å²) < 4.78 is 12.9. The Bertz CT molecular complexity index is 703. The van der Waals surface area contributed by atoms with E-state index >= 15 is 0 Å². The fourth-order valence-corrected chi connectivity index (χ4v) is 2.43. The molecule has 0 unspecified atom stereocenters. The van der Waals surface area contributed by atoms with E-state index in [1.807, 2.05) is 0 Å². The van der Waals surface area contributed by atoms with Gasteiger partial charge in [0.1, 0.15) is 5.82 Å². The molecule has 1 heterocycles. The number of nitrogens with one attached hydrogen (secondary N) is 1. The number of hydrogen-bond donors (Lipinski definition) is 2. The minimum absolute atomic E-state index is 0.151. The monoisotopic (exact) mass is 308 g/mol. The summed E-state index contributed by atoms with van der Waals surface area (Å²) in [6.07, 6.45) is 0. The average molecular weight is 309 g/mol. The van der Waals surface area contributed by atoms with Crippen LogP contribution in [0.15, 0.2) is 30.3 Å². The molecule has 0 saturated heterocycles. The lowest BCUT2D eigenvalue weighted by Gasteiger charge is -2.05. The van der Waals surface area contributed by atoms with Crippen LogP contribution in [0.5, 0.6) is 0 Å². The van der Waals surface area contributed by atoms with Crippen LogP contribution >= 0.6 is 22.9 Å². The molecule has 0 bridgehead atoms. The van der Waals surface area contributed by atoms with Crippen molar-refractivity contribution >= 4 is 34.5 Å². The van der Waals surface area contributed by atoms with Crippen LogP contribution in [0.2, 0.25) is 5.02 Å². The Balaban J connectivity index is 2.13. The van der Waals surface area contributed by atoms with Crippen LogP contribution < -0.4 is 11.1 Å². The zero-order valence-electron chi connectivity index (χ0n) is 10.2. The predicted octanol–water partition coefficient (Wildman–Crippen LogP) is 3.10. The van der Waals surface area contributed by atoms with Gasteiger partial charge in [-0.2, -0.15) is 0 Å². The van der Waals surface area contributed by atoms with Crippen LogP contribution in [0.4, 0.5) is 10.1 Å². The second-order valence-corrected chi connectivity index (χ2v) is 5.24. The summed E-state index contributed by atoms with van der Waals surface area (Å²) in [6, 6.07) is 7.20. The van der Waals surface area contributed by atoms with Crippen LogP contribution in [-0.4, -0.2) is 12.5 Å². The number of rotatable bonds is 2. The first kappa shape index (κ1) is 14.5. The second-order valence-electron chi connectivity index (χ2n) is 3.75. The van der Waals surface area contributed by atoms with Crippen molar-refractivity contribution in [2.24, 2.45) is 5.73 Å². The van der Waals surface area contributed by atoms with Crippen LogP contribution in [-0.2, 0) is 0 Å². The molecule has 102 valence electrons. The normalized spacial score (nSPS) is 9.75. The molecule has 0 aliphatic heterocycles. The van der Waals surface area contributed by atoms with Crippen molar-refractivity contribution in [3.8, 4) is 11.8 Å². The molecule has 1 amide bonds. The van der Waals surface area contributed by atoms with E-state index in [0.717, 1.165) is 10.9 Å². The third-order valence-corrected chi connectivity index (χ3v) is 3.63. The lowest BCUT2D eigenvalue weighted by molar-refractivity contribution is 0.103. The van der Waals surface area contributed by atoms with Gasteiger partial charge in [-0.05, 0) is 30.3 Å². The quantitative estimate of drug-likeness (QED) is 0.838. The number of carbonyl (C=O) groups is 1. The van der Waals surface area contributed by atoms with Gasteiger partial charge in [-0.25, -0.2) is 4.39 Å². The molecule has 20 heavy (non-hydrogen) atoms. The van der Waals surface area contributed by atoms with Gasteiger partial charge in [0.25, 0.3) is 5.91 Å². The molecule has 0 aliphatic carbocycles. The van der Waals surface area contributed by atoms with E-state index in [4.69, 9.17) is 17.3 Å². The van der Waals surface area contributed by atoms with E-state index in [0.29, 0.717) is 10.6 Å². The molecule has 1 aromatic carbocycles. The van der Waals surface area contributed by atoms with Gasteiger partial charge in [-0.1, -0.05) is 23.4 Å². The van der Waals surface area contributed by atoms with E-state index in [1.165, 1.54) is 23.5 Å². The van der Waals surface area contributed by atoms with Crippen LogP contribution in [0.25, 0.3) is 0 Å². The van der Waals surface area contributed by atoms with Gasteiger partial charge in [0.2, 0.25) is 0 Å². The van der Waals surface area contributed by atoms with Crippen molar-refractivity contribution in [3.63, 3.8) is 0 Å². The lowest BCUT2D eigenvalue weighted by atomic mass is 10.3. The molecule has 0 atom stereocenters. The van der Waals surface area contributed by atoms with Gasteiger partial charge in [0.15, 0.2) is 0 Å². The Hall–Kier alpha value is -1.87. The molecule has 3 nitrogen and oxygen atoms in total. The third kappa shape index (κ3) is 3.58. The molecule has 2 rings (SSSR count). The largest absolute Gasteiger partial charge is 0.320 e. The van der Waals surface area contributed by atoms with Crippen LogP contribution in [0.3, 0.4) is 0 Å². The van der Waals surface area contributed by atoms with Gasteiger partial charge in [0, 0.05) is 0 Å². The van der Waals surface area contributed by atoms with E-state index in [-0.39, 0.29) is 17.5 Å². The standard InChI is InChI=1S/C14H10ClFN2OS/c15-11-8-9(16)3-5-12(11)18-14(19)13-6-4-10(20-13)2-1-7-17/h3-6,8H,7,17H2,(H,18,19). The van der Waals surface area contributed by atoms with E-state index in [2.05, 4.69) is 17.2 Å². The average Bonchev–Trinajstić information content (AvgIpc) is 2.88. The number of amides is 1. The van der Waals surface area contributed by atoms with Gasteiger partial charge < -0.3 is 11.1 Å². The Morgan fingerprint density at radius 1 is 1.40 bits per heavy atom. The number of halogens is 2. The highest BCUT2D eigenvalue weighted by molar-refractivity contribution is 7.14. The lowest BCUT2D eigenvalue weighted by Crippen LogP contribution is -2.10. The molecule has 0 spiro atoms. The zero-order chi connectivity index (χ0) is 14.5. The number of hydrogen-bond acceptors (Lipinski definition) is 3. The molecule has 0 saturated carbocycles. The smallest absolute Gasteiger partial charge is 0.265 e. The summed E-state index contributed by atoms with van der Waals surface area (Å²) in [6.45, 7) is 0.268. The molecule has 1 aromatic heterocycles. The summed E-state index contributed by atoms with van der Waals surface area (Å²) in [7, 11) is 0. The molecule has 3 N–H and O–H groups in total. The van der Waals surface area contributed by atoms with Crippen LogP contribution in [0, 0.1) is 17.7 Å². The van der Waals surface area contributed by atoms with Crippen molar-refractivity contribution in [2.45, 2.75) is 0 Å². The van der Waals surface area contributed by atoms with Gasteiger partial charge >= 0.3 is 0 Å². The Kier molecular flexibility index (Phi) is 4.74. The first-order valence-electron chi connectivity index (χ1n) is 5.65. The maximum absolute atomic E-state index is 12.9. The molecule has 2 aromatic rings. The van der Waals surface area contributed by atoms with Gasteiger partial charge in [0.05, 0.1) is 27.0 Å². The zero-order valence-corrected chi connectivity index (χ0v) is 11.8. The fourth-order valence-electron chi connectivity index (χ4n) is 1.44. The molecule has 6 heteroatoms. The second kappa shape index (κ2) is 6.53. The summed E-state index contributed by atoms with van der Waals surface area (Å²) in [5.41, 5.74) is 5.64. The summed E-state index contributed by atoms with van der Waals surface area (Å²) in [4.78, 5) is 13.3. The molecular formula is C14H10ClFN2OS.